The van der Waals surface area contributed by atoms with Gasteiger partial charge in [-0.05, 0) is 37.6 Å². The van der Waals surface area contributed by atoms with Crippen LogP contribution in [0.1, 0.15) is 18.6 Å². The van der Waals surface area contributed by atoms with E-state index in [0.29, 0.717) is 18.9 Å². The molecule has 0 radical (unpaired) electrons. The molecule has 90 valence electrons. The number of nitrogens with one attached hydrogen (secondary N) is 2. The molecule has 2 heterocycles. The van der Waals surface area contributed by atoms with Crippen LogP contribution >= 0.6 is 12.4 Å². The lowest BCUT2D eigenvalue weighted by molar-refractivity contribution is -0.122. The van der Waals surface area contributed by atoms with Gasteiger partial charge in [-0.3, -0.25) is 4.79 Å². The Morgan fingerprint density at radius 2 is 2.50 bits per heavy atom. The number of carbonyl (C=O) groups is 1. The van der Waals surface area contributed by atoms with Crippen LogP contribution in [-0.2, 0) is 11.3 Å². The molecule has 5 heteroatoms. The molecule has 1 fully saturated rings. The Kier molecular flexibility index (Phi) is 5.35. The van der Waals surface area contributed by atoms with Crippen molar-refractivity contribution in [1.82, 2.24) is 10.6 Å². The number of amides is 1. The van der Waals surface area contributed by atoms with Gasteiger partial charge in [0.25, 0.3) is 0 Å². The Labute approximate surface area is 101 Å². The van der Waals surface area contributed by atoms with Gasteiger partial charge < -0.3 is 15.1 Å². The molecule has 1 aromatic heterocycles. The molecule has 0 saturated carbocycles. The van der Waals surface area contributed by atoms with Crippen molar-refractivity contribution in [2.45, 2.75) is 19.4 Å². The van der Waals surface area contributed by atoms with Gasteiger partial charge >= 0.3 is 0 Å². The fourth-order valence-electron chi connectivity index (χ4n) is 1.82. The van der Waals surface area contributed by atoms with Crippen molar-refractivity contribution in [1.29, 1.82) is 0 Å². The van der Waals surface area contributed by atoms with Crippen LogP contribution in [-0.4, -0.2) is 19.0 Å². The maximum atomic E-state index is 11.5. The molecule has 1 saturated heterocycles. The molecular weight excluding hydrogens is 228 g/mol. The van der Waals surface area contributed by atoms with Gasteiger partial charge in [0, 0.05) is 6.42 Å². The molecule has 0 bridgehead atoms. The third-order valence-electron chi connectivity index (χ3n) is 2.68. The molecule has 1 aliphatic heterocycles. The molecule has 1 aliphatic rings. The summed E-state index contributed by atoms with van der Waals surface area (Å²) in [6.45, 7) is 2.50. The summed E-state index contributed by atoms with van der Waals surface area (Å²) in [4.78, 5) is 11.5. The van der Waals surface area contributed by atoms with Gasteiger partial charge in [0.05, 0.1) is 12.8 Å². The number of hydrogen-bond acceptors (Lipinski definition) is 3. The summed E-state index contributed by atoms with van der Waals surface area (Å²) in [5.74, 6) is 1.41. The Bertz CT molecular complexity index is 308. The predicted octanol–water partition coefficient (Wildman–Crippen LogP) is 1.32. The number of rotatable bonds is 4. The SMILES string of the molecule is Cl.O=C(CC1CCNC1)NCc1ccco1. The van der Waals surface area contributed by atoms with Gasteiger partial charge in [0.15, 0.2) is 0 Å². The summed E-state index contributed by atoms with van der Waals surface area (Å²) < 4.78 is 5.13. The number of carbonyl (C=O) groups excluding carboxylic acids is 1. The summed E-state index contributed by atoms with van der Waals surface area (Å²) in [5.41, 5.74) is 0. The van der Waals surface area contributed by atoms with Crippen LogP contribution in [0.25, 0.3) is 0 Å². The van der Waals surface area contributed by atoms with E-state index in [1.807, 2.05) is 12.1 Å². The van der Waals surface area contributed by atoms with E-state index in [2.05, 4.69) is 10.6 Å². The maximum Gasteiger partial charge on any atom is 0.220 e. The first-order chi connectivity index (χ1) is 7.34. The van der Waals surface area contributed by atoms with Crippen LogP contribution in [0.3, 0.4) is 0 Å². The van der Waals surface area contributed by atoms with Gasteiger partial charge in [-0.1, -0.05) is 0 Å². The molecule has 0 spiro atoms. The Balaban J connectivity index is 0.00000128. The van der Waals surface area contributed by atoms with Crippen LogP contribution in [0.2, 0.25) is 0 Å². The van der Waals surface area contributed by atoms with E-state index in [1.54, 1.807) is 6.26 Å². The molecule has 1 aromatic rings. The first-order valence-corrected chi connectivity index (χ1v) is 5.34. The molecule has 2 rings (SSSR count). The standard InChI is InChI=1S/C11H16N2O2.ClH/c14-11(6-9-3-4-12-7-9)13-8-10-2-1-5-15-10;/h1-2,5,9,12H,3-4,6-8H2,(H,13,14);1H. The second-order valence-electron chi connectivity index (χ2n) is 3.92. The van der Waals surface area contributed by atoms with Crippen molar-refractivity contribution >= 4 is 18.3 Å². The molecule has 16 heavy (non-hydrogen) atoms. The minimum atomic E-state index is 0. The van der Waals surface area contributed by atoms with Crippen molar-refractivity contribution in [3.8, 4) is 0 Å². The predicted molar refractivity (Wildman–Crippen MR) is 63.4 cm³/mol. The highest BCUT2D eigenvalue weighted by Gasteiger charge is 2.17. The van der Waals surface area contributed by atoms with Crippen LogP contribution in [0.4, 0.5) is 0 Å². The first kappa shape index (κ1) is 13.1. The fraction of sp³-hybridized carbons (Fsp3) is 0.545. The average Bonchev–Trinajstić information content (AvgIpc) is 2.86. The Morgan fingerprint density at radius 3 is 3.12 bits per heavy atom. The molecular formula is C11H17ClN2O2. The van der Waals surface area contributed by atoms with E-state index in [4.69, 9.17) is 4.42 Å². The highest BCUT2D eigenvalue weighted by Crippen LogP contribution is 2.11. The summed E-state index contributed by atoms with van der Waals surface area (Å²) >= 11 is 0. The van der Waals surface area contributed by atoms with Gasteiger partial charge in [-0.2, -0.15) is 0 Å². The monoisotopic (exact) mass is 244 g/mol. The topological polar surface area (TPSA) is 54.3 Å². The molecule has 0 aromatic carbocycles. The lowest BCUT2D eigenvalue weighted by Crippen LogP contribution is -2.25. The summed E-state index contributed by atoms with van der Waals surface area (Å²) in [6, 6.07) is 3.68. The van der Waals surface area contributed by atoms with Gasteiger partial charge in [-0.25, -0.2) is 0 Å². The third kappa shape index (κ3) is 3.87. The molecule has 1 amide bonds. The maximum absolute atomic E-state index is 11.5. The molecule has 2 N–H and O–H groups in total. The summed E-state index contributed by atoms with van der Waals surface area (Å²) in [6.07, 6.45) is 3.34. The van der Waals surface area contributed by atoms with Crippen molar-refractivity contribution in [2.24, 2.45) is 5.92 Å². The third-order valence-corrected chi connectivity index (χ3v) is 2.68. The number of halogens is 1. The second-order valence-corrected chi connectivity index (χ2v) is 3.92. The second kappa shape index (κ2) is 6.55. The molecule has 1 atom stereocenters. The van der Waals surface area contributed by atoms with Crippen LogP contribution in [0.5, 0.6) is 0 Å². The smallest absolute Gasteiger partial charge is 0.220 e. The highest BCUT2D eigenvalue weighted by molar-refractivity contribution is 5.85. The van der Waals surface area contributed by atoms with Crippen LogP contribution < -0.4 is 10.6 Å². The average molecular weight is 245 g/mol. The highest BCUT2D eigenvalue weighted by atomic mass is 35.5. The lowest BCUT2D eigenvalue weighted by atomic mass is 10.0. The van der Waals surface area contributed by atoms with Gasteiger partial charge in [0.1, 0.15) is 5.76 Å². The Hall–Kier alpha value is -1.00. The zero-order chi connectivity index (χ0) is 10.5. The molecule has 1 unspecified atom stereocenters. The number of hydrogen-bond donors (Lipinski definition) is 2. The Morgan fingerprint density at radius 1 is 1.62 bits per heavy atom. The zero-order valence-corrected chi connectivity index (χ0v) is 9.89. The largest absolute Gasteiger partial charge is 0.467 e. The fourth-order valence-corrected chi connectivity index (χ4v) is 1.82. The van der Waals surface area contributed by atoms with Crippen LogP contribution in [0, 0.1) is 5.92 Å². The lowest BCUT2D eigenvalue weighted by Gasteiger charge is -2.07. The minimum absolute atomic E-state index is 0. The van der Waals surface area contributed by atoms with E-state index in [9.17, 15) is 4.79 Å². The zero-order valence-electron chi connectivity index (χ0n) is 9.07. The van der Waals surface area contributed by atoms with E-state index < -0.39 is 0 Å². The quantitative estimate of drug-likeness (QED) is 0.840. The molecule has 0 aliphatic carbocycles. The van der Waals surface area contributed by atoms with Crippen molar-refractivity contribution in [3.05, 3.63) is 24.2 Å². The normalized spacial score (nSPS) is 19.1. The van der Waals surface area contributed by atoms with Crippen LogP contribution in [0.15, 0.2) is 22.8 Å². The van der Waals surface area contributed by atoms with Crippen molar-refractivity contribution in [2.75, 3.05) is 13.1 Å². The van der Waals surface area contributed by atoms with E-state index in [0.717, 1.165) is 25.3 Å². The summed E-state index contributed by atoms with van der Waals surface area (Å²) in [5, 5.41) is 6.10. The van der Waals surface area contributed by atoms with E-state index in [1.165, 1.54) is 0 Å². The van der Waals surface area contributed by atoms with Crippen molar-refractivity contribution in [3.63, 3.8) is 0 Å². The molecule has 4 nitrogen and oxygen atoms in total. The first-order valence-electron chi connectivity index (χ1n) is 5.34. The van der Waals surface area contributed by atoms with E-state index in [-0.39, 0.29) is 18.3 Å². The minimum Gasteiger partial charge on any atom is -0.467 e. The van der Waals surface area contributed by atoms with Gasteiger partial charge in [0.2, 0.25) is 5.91 Å². The van der Waals surface area contributed by atoms with Gasteiger partial charge in [-0.15, -0.1) is 12.4 Å². The number of furan rings is 1. The van der Waals surface area contributed by atoms with E-state index >= 15 is 0 Å². The van der Waals surface area contributed by atoms with Crippen molar-refractivity contribution < 1.29 is 9.21 Å². The summed E-state index contributed by atoms with van der Waals surface area (Å²) in [7, 11) is 0.